The van der Waals surface area contributed by atoms with Crippen LogP contribution in [0, 0.1) is 11.3 Å². The summed E-state index contributed by atoms with van der Waals surface area (Å²) in [4.78, 5) is 25.1. The molecule has 0 aromatic rings. The average molecular weight is 254 g/mol. The Morgan fingerprint density at radius 3 is 2.61 bits per heavy atom. The van der Waals surface area contributed by atoms with E-state index in [0.717, 1.165) is 19.4 Å². The molecular weight excluding hydrogens is 232 g/mol. The van der Waals surface area contributed by atoms with E-state index >= 15 is 0 Å². The first-order valence-corrected chi connectivity index (χ1v) is 6.74. The van der Waals surface area contributed by atoms with Gasteiger partial charge in [-0.15, -0.1) is 0 Å². The van der Waals surface area contributed by atoms with Crippen LogP contribution in [0.5, 0.6) is 0 Å². The fourth-order valence-corrected chi connectivity index (χ4v) is 2.90. The highest BCUT2D eigenvalue weighted by atomic mass is 16.4. The molecule has 2 aliphatic rings. The quantitative estimate of drug-likeness (QED) is 0.802. The van der Waals surface area contributed by atoms with Crippen LogP contribution in [0.25, 0.3) is 0 Å². The average Bonchev–Trinajstić information content (AvgIpc) is 2.97. The maximum absolute atomic E-state index is 12.0. The van der Waals surface area contributed by atoms with Gasteiger partial charge in [-0.3, -0.25) is 4.79 Å². The van der Waals surface area contributed by atoms with Crippen LogP contribution >= 0.6 is 0 Å². The van der Waals surface area contributed by atoms with Gasteiger partial charge in [-0.25, -0.2) is 4.79 Å². The number of carboxylic acid groups (broad SMARTS) is 1. The van der Waals surface area contributed by atoms with E-state index in [9.17, 15) is 9.59 Å². The largest absolute Gasteiger partial charge is 0.481 e. The van der Waals surface area contributed by atoms with E-state index in [-0.39, 0.29) is 12.6 Å². The van der Waals surface area contributed by atoms with Crippen LogP contribution in [0.15, 0.2) is 0 Å². The molecule has 0 aromatic carbocycles. The van der Waals surface area contributed by atoms with Gasteiger partial charge in [0.25, 0.3) is 0 Å². The smallest absolute Gasteiger partial charge is 0.317 e. The number of nitrogens with zero attached hydrogens (tertiary/aromatic N) is 1. The number of carboxylic acids is 1. The number of nitrogens with one attached hydrogen (secondary N) is 1. The van der Waals surface area contributed by atoms with Crippen LogP contribution in [-0.2, 0) is 4.79 Å². The Labute approximate surface area is 108 Å². The molecule has 5 nitrogen and oxygen atoms in total. The van der Waals surface area contributed by atoms with Crippen molar-refractivity contribution in [1.82, 2.24) is 10.2 Å². The Morgan fingerprint density at radius 1 is 1.44 bits per heavy atom. The van der Waals surface area contributed by atoms with Gasteiger partial charge in [-0.2, -0.15) is 0 Å². The molecule has 5 heteroatoms. The van der Waals surface area contributed by atoms with Crippen molar-refractivity contribution in [1.29, 1.82) is 0 Å². The predicted octanol–water partition coefficient (Wildman–Crippen LogP) is 1.68. The van der Waals surface area contributed by atoms with Crippen molar-refractivity contribution < 1.29 is 14.7 Å². The number of urea groups is 1. The molecule has 2 N–H and O–H groups in total. The third-order valence-corrected chi connectivity index (χ3v) is 4.60. The fourth-order valence-electron chi connectivity index (χ4n) is 2.90. The Bertz CT molecular complexity index is 358. The minimum absolute atomic E-state index is 0.0943. The van der Waals surface area contributed by atoms with Crippen molar-refractivity contribution in [2.75, 3.05) is 13.1 Å². The minimum atomic E-state index is -0.867. The first-order chi connectivity index (χ1) is 8.46. The van der Waals surface area contributed by atoms with Gasteiger partial charge >= 0.3 is 12.0 Å². The van der Waals surface area contributed by atoms with Crippen LogP contribution in [0.2, 0.25) is 0 Å². The van der Waals surface area contributed by atoms with Crippen molar-refractivity contribution >= 4 is 12.0 Å². The number of rotatable bonds is 4. The van der Waals surface area contributed by atoms with Gasteiger partial charge in [0.15, 0.2) is 0 Å². The lowest BCUT2D eigenvalue weighted by Gasteiger charge is -2.29. The van der Waals surface area contributed by atoms with E-state index in [1.807, 2.05) is 11.8 Å². The van der Waals surface area contributed by atoms with Crippen molar-refractivity contribution in [2.24, 2.45) is 11.3 Å². The lowest BCUT2D eigenvalue weighted by atomic mass is 9.88. The van der Waals surface area contributed by atoms with E-state index in [4.69, 9.17) is 5.11 Å². The number of aliphatic carboxylic acids is 1. The molecule has 2 rings (SSSR count). The van der Waals surface area contributed by atoms with Gasteiger partial charge in [-0.1, -0.05) is 6.92 Å². The summed E-state index contributed by atoms with van der Waals surface area (Å²) in [5, 5.41) is 11.9. The molecule has 0 spiro atoms. The van der Waals surface area contributed by atoms with Gasteiger partial charge in [0.1, 0.15) is 0 Å². The Kier molecular flexibility index (Phi) is 3.50. The van der Waals surface area contributed by atoms with Crippen LogP contribution in [0.1, 0.15) is 39.5 Å². The molecule has 1 saturated carbocycles. The summed E-state index contributed by atoms with van der Waals surface area (Å²) in [5.74, 6) is -0.189. The fraction of sp³-hybridized carbons (Fsp3) is 0.846. The van der Waals surface area contributed by atoms with Crippen LogP contribution in [0.3, 0.4) is 0 Å². The second-order valence-corrected chi connectivity index (χ2v) is 5.86. The zero-order valence-electron chi connectivity index (χ0n) is 11.1. The molecule has 1 aliphatic carbocycles. The maximum atomic E-state index is 12.0. The van der Waals surface area contributed by atoms with Gasteiger partial charge in [0.2, 0.25) is 0 Å². The van der Waals surface area contributed by atoms with Crippen molar-refractivity contribution in [3.8, 4) is 0 Å². The van der Waals surface area contributed by atoms with E-state index in [1.165, 1.54) is 6.42 Å². The molecule has 1 saturated heterocycles. The molecule has 2 amide bonds. The lowest BCUT2D eigenvalue weighted by Crippen LogP contribution is -2.48. The summed E-state index contributed by atoms with van der Waals surface area (Å²) < 4.78 is 0. The number of piperidine rings is 1. The molecule has 3 atom stereocenters. The maximum Gasteiger partial charge on any atom is 0.317 e. The van der Waals surface area contributed by atoms with E-state index in [2.05, 4.69) is 5.32 Å². The zero-order valence-corrected chi connectivity index (χ0v) is 11.1. The predicted molar refractivity (Wildman–Crippen MR) is 67.3 cm³/mol. The third-order valence-electron chi connectivity index (χ3n) is 4.60. The highest BCUT2D eigenvalue weighted by molar-refractivity contribution is 5.78. The Balaban J connectivity index is 1.87. The number of carbonyl (C=O) groups is 2. The number of hydrogen-bond acceptors (Lipinski definition) is 2. The van der Waals surface area contributed by atoms with Gasteiger partial charge in [-0.05, 0) is 38.5 Å². The first kappa shape index (κ1) is 13.2. The Morgan fingerprint density at radius 2 is 2.17 bits per heavy atom. The van der Waals surface area contributed by atoms with Crippen molar-refractivity contribution in [3.05, 3.63) is 0 Å². The summed E-state index contributed by atoms with van der Waals surface area (Å²) in [6.45, 7) is 4.54. The molecular formula is C13H22N2O3. The van der Waals surface area contributed by atoms with Crippen molar-refractivity contribution in [3.63, 3.8) is 0 Å². The normalized spacial score (nSPS) is 29.1. The number of carbonyl (C=O) groups excluding carboxylic acids is 1. The van der Waals surface area contributed by atoms with Crippen molar-refractivity contribution in [2.45, 2.75) is 45.6 Å². The monoisotopic (exact) mass is 254 g/mol. The summed E-state index contributed by atoms with van der Waals surface area (Å²) in [5.41, 5.74) is -0.867. The highest BCUT2D eigenvalue weighted by Crippen LogP contribution is 2.37. The third kappa shape index (κ3) is 2.31. The second-order valence-electron chi connectivity index (χ2n) is 5.86. The van der Waals surface area contributed by atoms with Gasteiger partial charge in [0, 0.05) is 19.1 Å². The summed E-state index contributed by atoms with van der Waals surface area (Å²) in [7, 11) is 0. The SMILES string of the molecule is CCC(C)(CNC(=O)N1CC2CCC1C2)C(=O)O. The highest BCUT2D eigenvalue weighted by Gasteiger charge is 2.41. The van der Waals surface area contributed by atoms with E-state index < -0.39 is 11.4 Å². The number of hydrogen-bond donors (Lipinski definition) is 2. The molecule has 0 radical (unpaired) electrons. The number of likely N-dealkylation sites (tertiary alicyclic amines) is 1. The molecule has 3 unspecified atom stereocenters. The number of fused-ring (bicyclic) bond motifs is 2. The lowest BCUT2D eigenvalue weighted by molar-refractivity contribution is -0.147. The molecule has 102 valence electrons. The molecule has 2 bridgehead atoms. The van der Waals surface area contributed by atoms with Gasteiger partial charge in [0.05, 0.1) is 5.41 Å². The first-order valence-electron chi connectivity index (χ1n) is 6.74. The summed E-state index contributed by atoms with van der Waals surface area (Å²) in [6, 6.07) is 0.288. The topological polar surface area (TPSA) is 69.6 Å². The molecule has 1 aliphatic heterocycles. The van der Waals surface area contributed by atoms with Crippen LogP contribution in [0.4, 0.5) is 4.79 Å². The van der Waals surface area contributed by atoms with E-state index in [0.29, 0.717) is 18.4 Å². The summed E-state index contributed by atoms with van der Waals surface area (Å²) >= 11 is 0. The summed E-state index contributed by atoms with van der Waals surface area (Å²) in [6.07, 6.45) is 3.96. The molecule has 2 fully saturated rings. The minimum Gasteiger partial charge on any atom is -0.481 e. The van der Waals surface area contributed by atoms with Crippen LogP contribution < -0.4 is 5.32 Å². The second kappa shape index (κ2) is 4.78. The number of amides is 2. The van der Waals surface area contributed by atoms with E-state index in [1.54, 1.807) is 6.92 Å². The standard InChI is InChI=1S/C13H22N2O3/c1-3-13(2,11(16)17)8-14-12(18)15-7-9-4-5-10(15)6-9/h9-10H,3-8H2,1-2H3,(H,14,18)(H,16,17). The Hall–Kier alpha value is -1.26. The molecule has 1 heterocycles. The zero-order chi connectivity index (χ0) is 13.3. The molecule has 0 aromatic heterocycles. The van der Waals surface area contributed by atoms with Crippen LogP contribution in [-0.4, -0.2) is 41.1 Å². The van der Waals surface area contributed by atoms with Gasteiger partial charge < -0.3 is 15.3 Å². The molecule has 18 heavy (non-hydrogen) atoms.